The minimum Gasteiger partial charge on any atom is -0.463 e. The Bertz CT molecular complexity index is 1150. The van der Waals surface area contributed by atoms with Gasteiger partial charge in [0.15, 0.2) is 6.23 Å². The number of aromatic nitrogens is 2. The molecule has 0 amide bonds. The summed E-state index contributed by atoms with van der Waals surface area (Å²) < 4.78 is 34.6. The highest BCUT2D eigenvalue weighted by molar-refractivity contribution is 7.17. The maximum absolute atomic E-state index is 12.7. The molecule has 5 atom stereocenters. The van der Waals surface area contributed by atoms with E-state index in [4.69, 9.17) is 24.5 Å². The summed E-state index contributed by atoms with van der Waals surface area (Å²) in [5, 5.41) is 0. The highest BCUT2D eigenvalue weighted by atomic mass is 31.1. The van der Waals surface area contributed by atoms with Gasteiger partial charge in [-0.1, -0.05) is 30.3 Å². The molecular formula is C25H34N3O8P. The predicted molar refractivity (Wildman–Crippen MR) is 135 cm³/mol. The number of aromatic amines is 1. The zero-order chi connectivity index (χ0) is 27.0. The molecule has 1 unspecified atom stereocenters. The van der Waals surface area contributed by atoms with Crippen LogP contribution in [-0.4, -0.2) is 53.1 Å². The number of H-pyrrole nitrogens is 1. The fraction of sp³-hybridized carbons (Fsp3) is 0.560. The van der Waals surface area contributed by atoms with E-state index < -0.39 is 43.7 Å². The molecule has 1 aromatic carbocycles. The molecule has 11 nitrogen and oxygen atoms in total. The Kier molecular flexibility index (Phi) is 10.3. The van der Waals surface area contributed by atoms with Crippen LogP contribution < -0.4 is 17.0 Å². The Balaban J connectivity index is 1.64. The number of nitrogens with one attached hydrogen (secondary N) is 1. The van der Waals surface area contributed by atoms with Crippen LogP contribution in [-0.2, 0) is 28.1 Å². The summed E-state index contributed by atoms with van der Waals surface area (Å²) in [5.74, 6) is -1.08. The summed E-state index contributed by atoms with van der Waals surface area (Å²) in [6.45, 7) is 5.98. The van der Waals surface area contributed by atoms with E-state index in [1.807, 2.05) is 44.2 Å². The standard InChI is InChI=1S/C25H34N3O8P/c1-16(2)35-22(30)18(17-7-5-4-6-8-17)10-13-33-14-11-19-20(15-34-37-32)36-23(25(19,3)26)28-12-9-21(29)27-24(28)31/h4-9,12,16,18-20,23H,10-11,13-15,26H2,1-3H3,(H,27,29,31)/t18?,19-,20-,23-,25-/m1/s1. The van der Waals surface area contributed by atoms with Gasteiger partial charge in [0.25, 0.3) is 5.56 Å². The van der Waals surface area contributed by atoms with Crippen molar-refractivity contribution in [2.75, 3.05) is 19.8 Å². The zero-order valence-corrected chi connectivity index (χ0v) is 22.1. The quantitative estimate of drug-likeness (QED) is 0.224. The highest BCUT2D eigenvalue weighted by Crippen LogP contribution is 2.42. The fourth-order valence-corrected chi connectivity index (χ4v) is 4.87. The lowest BCUT2D eigenvalue weighted by Crippen LogP contribution is -2.51. The molecule has 1 aliphatic rings. The van der Waals surface area contributed by atoms with Crippen molar-refractivity contribution in [2.45, 2.75) is 63.5 Å². The van der Waals surface area contributed by atoms with Crippen molar-refractivity contribution in [3.8, 4) is 0 Å². The van der Waals surface area contributed by atoms with E-state index in [0.29, 0.717) is 26.1 Å². The normalized spacial score (nSPS) is 24.4. The molecule has 0 saturated carbocycles. The summed E-state index contributed by atoms with van der Waals surface area (Å²) in [4.78, 5) is 38.7. The Morgan fingerprint density at radius 2 is 1.95 bits per heavy atom. The molecule has 2 heterocycles. The third kappa shape index (κ3) is 7.43. The first kappa shape index (κ1) is 28.9. The molecule has 3 rings (SSSR count). The van der Waals surface area contributed by atoms with Gasteiger partial charge >= 0.3 is 20.3 Å². The smallest absolute Gasteiger partial charge is 0.330 e. The second-order valence-corrected chi connectivity index (χ2v) is 9.93. The van der Waals surface area contributed by atoms with Gasteiger partial charge in [-0.25, -0.2) is 9.36 Å². The van der Waals surface area contributed by atoms with Crippen molar-refractivity contribution in [1.82, 2.24) is 9.55 Å². The lowest BCUT2D eigenvalue weighted by molar-refractivity contribution is -0.149. The Morgan fingerprint density at radius 3 is 2.59 bits per heavy atom. The SMILES string of the molecule is CC(C)OC(=O)C(CCOCC[C@@H]1[C@@H](COP=O)O[C@@H](n2ccc(=O)[nH]c2=O)[C@]1(C)N)c1ccccc1. The minimum absolute atomic E-state index is 0.00571. The third-order valence-electron chi connectivity index (χ3n) is 6.44. The first-order chi connectivity index (χ1) is 17.6. The molecule has 1 saturated heterocycles. The number of benzene rings is 1. The monoisotopic (exact) mass is 535 g/mol. The van der Waals surface area contributed by atoms with Gasteiger partial charge in [-0.3, -0.25) is 23.7 Å². The molecule has 1 aromatic heterocycles. The number of hydrogen-bond donors (Lipinski definition) is 2. The molecule has 0 spiro atoms. The zero-order valence-electron chi connectivity index (χ0n) is 21.2. The van der Waals surface area contributed by atoms with Crippen LogP contribution in [0.25, 0.3) is 0 Å². The molecule has 37 heavy (non-hydrogen) atoms. The molecule has 202 valence electrons. The molecule has 1 fully saturated rings. The van der Waals surface area contributed by atoms with Gasteiger partial charge in [0.1, 0.15) is 0 Å². The average Bonchev–Trinajstić information content (AvgIpc) is 3.09. The van der Waals surface area contributed by atoms with E-state index >= 15 is 0 Å². The first-order valence-electron chi connectivity index (χ1n) is 12.2. The van der Waals surface area contributed by atoms with Crippen LogP contribution in [0.5, 0.6) is 0 Å². The highest BCUT2D eigenvalue weighted by Gasteiger charge is 2.52. The van der Waals surface area contributed by atoms with Crippen molar-refractivity contribution in [1.29, 1.82) is 0 Å². The summed E-state index contributed by atoms with van der Waals surface area (Å²) >= 11 is 0. The summed E-state index contributed by atoms with van der Waals surface area (Å²) in [7, 11) is -0.500. The van der Waals surface area contributed by atoms with E-state index in [-0.39, 0.29) is 24.6 Å². The summed E-state index contributed by atoms with van der Waals surface area (Å²) in [6.07, 6.45) is 0.555. The van der Waals surface area contributed by atoms with Gasteiger partial charge in [0.2, 0.25) is 0 Å². The van der Waals surface area contributed by atoms with Crippen molar-refractivity contribution >= 4 is 14.7 Å². The number of carbonyl (C=O) groups is 1. The van der Waals surface area contributed by atoms with Gasteiger partial charge in [0.05, 0.1) is 30.3 Å². The predicted octanol–water partition coefficient (Wildman–Crippen LogP) is 2.52. The third-order valence-corrected chi connectivity index (χ3v) is 6.70. The first-order valence-corrected chi connectivity index (χ1v) is 12.9. The average molecular weight is 536 g/mol. The van der Waals surface area contributed by atoms with E-state index in [1.165, 1.54) is 16.8 Å². The van der Waals surface area contributed by atoms with Gasteiger partial charge in [-0.15, -0.1) is 0 Å². The number of nitrogens with two attached hydrogens (primary N) is 1. The molecule has 3 N–H and O–H groups in total. The summed E-state index contributed by atoms with van der Waals surface area (Å²) in [5.41, 5.74) is 5.31. The molecule has 12 heteroatoms. The van der Waals surface area contributed by atoms with E-state index in [9.17, 15) is 18.9 Å². The largest absolute Gasteiger partial charge is 0.463 e. The molecular weight excluding hydrogens is 501 g/mol. The minimum atomic E-state index is -1.03. The number of esters is 1. The van der Waals surface area contributed by atoms with Crippen molar-refractivity contribution < 1.29 is 28.1 Å². The number of rotatable bonds is 13. The maximum Gasteiger partial charge on any atom is 0.330 e. The van der Waals surface area contributed by atoms with Gasteiger partial charge in [-0.05, 0) is 39.2 Å². The van der Waals surface area contributed by atoms with E-state index in [0.717, 1.165) is 5.56 Å². The topological polar surface area (TPSA) is 152 Å². The Labute approximate surface area is 216 Å². The molecule has 1 aliphatic heterocycles. The van der Waals surface area contributed by atoms with Crippen molar-refractivity contribution in [3.05, 3.63) is 69.0 Å². The Hall–Kier alpha value is -2.69. The van der Waals surface area contributed by atoms with Gasteiger partial charge in [0, 0.05) is 31.4 Å². The lowest BCUT2D eigenvalue weighted by atomic mass is 9.82. The fourth-order valence-electron chi connectivity index (χ4n) is 4.66. The summed E-state index contributed by atoms with van der Waals surface area (Å²) in [6, 6.07) is 10.6. The van der Waals surface area contributed by atoms with Crippen LogP contribution in [0.1, 0.15) is 51.3 Å². The molecule has 0 aliphatic carbocycles. The number of ether oxygens (including phenoxy) is 3. The van der Waals surface area contributed by atoms with E-state index in [2.05, 4.69) is 4.98 Å². The van der Waals surface area contributed by atoms with Crippen LogP contribution in [0.2, 0.25) is 0 Å². The number of nitrogens with zero attached hydrogens (tertiary/aromatic N) is 1. The molecule has 0 radical (unpaired) electrons. The maximum atomic E-state index is 12.7. The Morgan fingerprint density at radius 1 is 1.22 bits per heavy atom. The number of carbonyl (C=O) groups excluding carboxylic acids is 1. The van der Waals surface area contributed by atoms with Gasteiger partial charge in [-0.2, -0.15) is 0 Å². The second-order valence-electron chi connectivity index (χ2n) is 9.53. The van der Waals surface area contributed by atoms with Crippen LogP contribution in [0, 0.1) is 5.92 Å². The van der Waals surface area contributed by atoms with Crippen LogP contribution in [0.3, 0.4) is 0 Å². The number of hydrogen-bond acceptors (Lipinski definition) is 9. The van der Waals surface area contributed by atoms with Crippen molar-refractivity contribution in [3.63, 3.8) is 0 Å². The molecule has 0 bridgehead atoms. The van der Waals surface area contributed by atoms with Crippen LogP contribution in [0.4, 0.5) is 0 Å². The van der Waals surface area contributed by atoms with Crippen LogP contribution >= 0.6 is 8.69 Å². The second kappa shape index (κ2) is 13.2. The van der Waals surface area contributed by atoms with Crippen LogP contribution in [0.15, 0.2) is 52.2 Å². The molecule has 2 aromatic rings. The van der Waals surface area contributed by atoms with Crippen molar-refractivity contribution in [2.24, 2.45) is 11.7 Å². The van der Waals surface area contributed by atoms with E-state index in [1.54, 1.807) is 6.92 Å². The lowest BCUT2D eigenvalue weighted by Gasteiger charge is -2.32. The van der Waals surface area contributed by atoms with Gasteiger partial charge < -0.3 is 19.9 Å².